The summed E-state index contributed by atoms with van der Waals surface area (Å²) in [6.45, 7) is 7.30. The third kappa shape index (κ3) is 10.1. The molecule has 0 aliphatic rings. The Hall–Kier alpha value is -0.830. The lowest BCUT2D eigenvalue weighted by Crippen LogP contribution is -2.38. The third-order valence-corrected chi connectivity index (χ3v) is 3.69. The van der Waals surface area contributed by atoms with Crippen LogP contribution in [0.1, 0.15) is 43.5 Å². The number of benzene rings is 1. The number of aliphatic imine (C=N–C) groups is 1. The van der Waals surface area contributed by atoms with Gasteiger partial charge in [-0.05, 0) is 44.0 Å². The number of hydrogen-bond acceptors (Lipinski definition) is 2. The molecule has 1 rings (SSSR count). The van der Waals surface area contributed by atoms with Crippen LogP contribution in [0.15, 0.2) is 33.7 Å². The molecule has 0 spiro atoms. The first-order valence-corrected chi connectivity index (χ1v) is 9.02. The molecular formula is C17H28BrIN4O. The summed E-state index contributed by atoms with van der Waals surface area (Å²) in [5, 5.41) is 9.43. The lowest BCUT2D eigenvalue weighted by molar-refractivity contribution is 0.0953. The van der Waals surface area contributed by atoms with Crippen molar-refractivity contribution < 1.29 is 4.79 Å². The van der Waals surface area contributed by atoms with Crippen LogP contribution in [0.4, 0.5) is 0 Å². The molecule has 0 aliphatic heterocycles. The maximum absolute atomic E-state index is 11.9. The van der Waals surface area contributed by atoms with Gasteiger partial charge in [-0.1, -0.05) is 29.3 Å². The largest absolute Gasteiger partial charge is 0.357 e. The number of guanidine groups is 1. The summed E-state index contributed by atoms with van der Waals surface area (Å²) in [6.07, 6.45) is 3.11. The fourth-order valence-electron chi connectivity index (χ4n) is 1.90. The van der Waals surface area contributed by atoms with Gasteiger partial charge in [0.15, 0.2) is 5.96 Å². The molecule has 0 radical (unpaired) electrons. The molecule has 0 atom stereocenters. The van der Waals surface area contributed by atoms with Crippen LogP contribution in [0.2, 0.25) is 0 Å². The number of unbranched alkanes of at least 4 members (excludes halogenated alkanes) is 1. The summed E-state index contributed by atoms with van der Waals surface area (Å²) in [4.78, 5) is 16.4. The Morgan fingerprint density at radius 3 is 2.33 bits per heavy atom. The molecule has 0 bridgehead atoms. The smallest absolute Gasteiger partial charge is 0.251 e. The van der Waals surface area contributed by atoms with E-state index in [1.54, 1.807) is 12.1 Å². The molecule has 0 saturated carbocycles. The summed E-state index contributed by atoms with van der Waals surface area (Å²) in [5.74, 6) is 0.801. The number of amides is 1. The van der Waals surface area contributed by atoms with E-state index in [1.807, 2.05) is 12.1 Å². The van der Waals surface area contributed by atoms with Crippen molar-refractivity contribution in [1.82, 2.24) is 16.0 Å². The van der Waals surface area contributed by atoms with E-state index < -0.39 is 0 Å². The second kappa shape index (κ2) is 14.5. The lowest BCUT2D eigenvalue weighted by Gasteiger charge is -2.10. The predicted octanol–water partition coefficient (Wildman–Crippen LogP) is 3.54. The zero-order chi connectivity index (χ0) is 16.9. The Bertz CT molecular complexity index is 494. The second-order valence-corrected chi connectivity index (χ2v) is 6.07. The molecule has 0 aromatic heterocycles. The van der Waals surface area contributed by atoms with Gasteiger partial charge < -0.3 is 16.0 Å². The quantitative estimate of drug-likeness (QED) is 0.206. The fourth-order valence-corrected chi connectivity index (χ4v) is 2.16. The first-order chi connectivity index (χ1) is 11.2. The summed E-state index contributed by atoms with van der Waals surface area (Å²) in [5.41, 5.74) is 0.672. The normalized spacial score (nSPS) is 10.7. The van der Waals surface area contributed by atoms with Gasteiger partial charge in [0, 0.05) is 36.2 Å². The van der Waals surface area contributed by atoms with Crippen molar-refractivity contribution >= 4 is 51.8 Å². The van der Waals surface area contributed by atoms with Gasteiger partial charge in [0.2, 0.25) is 0 Å². The fraction of sp³-hybridized carbons (Fsp3) is 0.529. The van der Waals surface area contributed by atoms with Crippen LogP contribution in [0.3, 0.4) is 0 Å². The van der Waals surface area contributed by atoms with Gasteiger partial charge in [0.25, 0.3) is 5.91 Å². The molecule has 7 heteroatoms. The van der Waals surface area contributed by atoms with E-state index in [-0.39, 0.29) is 29.9 Å². The summed E-state index contributed by atoms with van der Waals surface area (Å²) >= 11 is 3.36. The average Bonchev–Trinajstić information content (AvgIpc) is 2.55. The number of nitrogens with zero attached hydrogens (tertiary/aromatic N) is 1. The predicted molar refractivity (Wildman–Crippen MR) is 115 cm³/mol. The molecule has 24 heavy (non-hydrogen) atoms. The van der Waals surface area contributed by atoms with Crippen molar-refractivity contribution in [3.8, 4) is 0 Å². The Morgan fingerprint density at radius 2 is 1.71 bits per heavy atom. The minimum Gasteiger partial charge on any atom is -0.357 e. The molecule has 0 heterocycles. The number of carbonyl (C=O) groups is 1. The van der Waals surface area contributed by atoms with Gasteiger partial charge >= 0.3 is 0 Å². The molecule has 136 valence electrons. The highest BCUT2D eigenvalue weighted by Crippen LogP contribution is 2.10. The summed E-state index contributed by atoms with van der Waals surface area (Å²) < 4.78 is 0.968. The number of nitrogens with one attached hydrogen (secondary N) is 3. The molecule has 5 nitrogen and oxygen atoms in total. The highest BCUT2D eigenvalue weighted by Gasteiger charge is 2.03. The molecule has 1 aromatic carbocycles. The van der Waals surface area contributed by atoms with Crippen LogP contribution in [0, 0.1) is 0 Å². The van der Waals surface area contributed by atoms with Crippen LogP contribution < -0.4 is 16.0 Å². The number of hydrogen-bond donors (Lipinski definition) is 3. The zero-order valence-electron chi connectivity index (χ0n) is 14.4. The first kappa shape index (κ1) is 23.2. The van der Waals surface area contributed by atoms with Crippen molar-refractivity contribution in [2.24, 2.45) is 4.99 Å². The van der Waals surface area contributed by atoms with Crippen molar-refractivity contribution in [3.63, 3.8) is 0 Å². The molecule has 0 aliphatic carbocycles. The zero-order valence-corrected chi connectivity index (χ0v) is 18.3. The topological polar surface area (TPSA) is 65.5 Å². The van der Waals surface area contributed by atoms with Crippen LogP contribution in [0.25, 0.3) is 0 Å². The van der Waals surface area contributed by atoms with E-state index in [1.165, 1.54) is 0 Å². The van der Waals surface area contributed by atoms with Crippen molar-refractivity contribution in [2.45, 2.75) is 33.1 Å². The van der Waals surface area contributed by atoms with E-state index >= 15 is 0 Å². The van der Waals surface area contributed by atoms with Gasteiger partial charge in [-0.15, -0.1) is 24.0 Å². The summed E-state index contributed by atoms with van der Waals surface area (Å²) in [7, 11) is 0. The van der Waals surface area contributed by atoms with Crippen LogP contribution in [-0.4, -0.2) is 38.0 Å². The van der Waals surface area contributed by atoms with E-state index in [0.717, 1.165) is 42.8 Å². The SMILES string of the molecule is CCCCNC(=NCCCNC(=O)c1ccc(Br)cc1)NCC.I. The van der Waals surface area contributed by atoms with E-state index in [0.29, 0.717) is 18.7 Å². The monoisotopic (exact) mass is 510 g/mol. The highest BCUT2D eigenvalue weighted by atomic mass is 127. The van der Waals surface area contributed by atoms with E-state index in [2.05, 4.69) is 50.7 Å². The van der Waals surface area contributed by atoms with Gasteiger partial charge in [-0.25, -0.2) is 0 Å². The van der Waals surface area contributed by atoms with Crippen molar-refractivity contribution in [2.75, 3.05) is 26.2 Å². The summed E-state index contributed by atoms with van der Waals surface area (Å²) in [6, 6.07) is 7.34. The molecule has 0 fully saturated rings. The van der Waals surface area contributed by atoms with Gasteiger partial charge in [-0.2, -0.15) is 0 Å². The molecule has 0 unspecified atom stereocenters. The third-order valence-electron chi connectivity index (χ3n) is 3.16. The Kier molecular flexibility index (Phi) is 14.0. The Morgan fingerprint density at radius 1 is 1.04 bits per heavy atom. The maximum Gasteiger partial charge on any atom is 0.251 e. The highest BCUT2D eigenvalue weighted by molar-refractivity contribution is 14.0. The van der Waals surface area contributed by atoms with E-state index in [4.69, 9.17) is 0 Å². The van der Waals surface area contributed by atoms with Gasteiger partial charge in [0.05, 0.1) is 0 Å². The molecule has 1 amide bonds. The molecular weight excluding hydrogens is 483 g/mol. The maximum atomic E-state index is 11.9. The van der Waals surface area contributed by atoms with Crippen molar-refractivity contribution in [3.05, 3.63) is 34.3 Å². The molecule has 0 saturated heterocycles. The van der Waals surface area contributed by atoms with E-state index in [9.17, 15) is 4.79 Å². The number of halogens is 2. The standard InChI is InChI=1S/C17H27BrN4O.HI/c1-3-5-11-21-17(19-4-2)22-13-6-12-20-16(23)14-7-9-15(18)10-8-14;/h7-10H,3-6,11-13H2,1-2H3,(H,20,23)(H2,19,21,22);1H. The van der Waals surface area contributed by atoms with Crippen LogP contribution >= 0.6 is 39.9 Å². The first-order valence-electron chi connectivity index (χ1n) is 8.23. The average molecular weight is 511 g/mol. The Balaban J connectivity index is 0.00000529. The number of rotatable bonds is 9. The van der Waals surface area contributed by atoms with Crippen LogP contribution in [0.5, 0.6) is 0 Å². The minimum atomic E-state index is -0.0468. The minimum absolute atomic E-state index is 0. The van der Waals surface area contributed by atoms with Gasteiger partial charge in [-0.3, -0.25) is 9.79 Å². The van der Waals surface area contributed by atoms with Crippen LogP contribution in [-0.2, 0) is 0 Å². The van der Waals surface area contributed by atoms with Crippen molar-refractivity contribution in [1.29, 1.82) is 0 Å². The number of carbonyl (C=O) groups excluding carboxylic acids is 1. The van der Waals surface area contributed by atoms with Gasteiger partial charge in [0.1, 0.15) is 0 Å². The second-order valence-electron chi connectivity index (χ2n) is 5.16. The Labute approximate surface area is 170 Å². The molecule has 1 aromatic rings. The molecule has 3 N–H and O–H groups in total. The lowest BCUT2D eigenvalue weighted by atomic mass is 10.2.